The van der Waals surface area contributed by atoms with Crippen molar-refractivity contribution < 1.29 is 18.7 Å². The van der Waals surface area contributed by atoms with Crippen LogP contribution in [0.5, 0.6) is 0 Å². The minimum atomic E-state index is -0.469. The van der Waals surface area contributed by atoms with Crippen molar-refractivity contribution in [2.45, 2.75) is 0 Å². The van der Waals surface area contributed by atoms with Gasteiger partial charge in [0.15, 0.2) is 0 Å². The van der Waals surface area contributed by atoms with Crippen LogP contribution in [0.1, 0.15) is 10.4 Å². The van der Waals surface area contributed by atoms with Crippen molar-refractivity contribution in [3.05, 3.63) is 36.2 Å². The first-order valence-corrected chi connectivity index (χ1v) is 5.80. The van der Waals surface area contributed by atoms with E-state index in [1.807, 2.05) is 0 Å². The number of benzene rings is 1. The fourth-order valence-electron chi connectivity index (χ4n) is 1.60. The molecule has 0 aliphatic heterocycles. The SMILES string of the molecule is COC(=O)CN(C)C(=O)c1ccc(-c2nnco2)cc1. The summed E-state index contributed by atoms with van der Waals surface area (Å²) in [6.07, 6.45) is 1.23. The molecule has 0 radical (unpaired) electrons. The highest BCUT2D eigenvalue weighted by Crippen LogP contribution is 2.17. The second-order valence-corrected chi connectivity index (χ2v) is 4.06. The number of rotatable bonds is 4. The Bertz CT molecular complexity index is 593. The molecular weight excluding hydrogens is 262 g/mol. The van der Waals surface area contributed by atoms with Gasteiger partial charge in [0, 0.05) is 18.2 Å². The fourth-order valence-corrected chi connectivity index (χ4v) is 1.60. The van der Waals surface area contributed by atoms with Crippen molar-refractivity contribution in [1.29, 1.82) is 0 Å². The third kappa shape index (κ3) is 3.00. The van der Waals surface area contributed by atoms with Crippen LogP contribution in [0.15, 0.2) is 35.1 Å². The van der Waals surface area contributed by atoms with E-state index in [0.29, 0.717) is 11.5 Å². The van der Waals surface area contributed by atoms with Crippen LogP contribution in [0.3, 0.4) is 0 Å². The molecule has 0 spiro atoms. The molecule has 0 N–H and O–H groups in total. The number of amides is 1. The van der Waals surface area contributed by atoms with E-state index in [1.54, 1.807) is 24.3 Å². The molecule has 0 fully saturated rings. The van der Waals surface area contributed by atoms with Crippen LogP contribution >= 0.6 is 0 Å². The second kappa shape index (κ2) is 5.96. The molecule has 0 aliphatic rings. The lowest BCUT2D eigenvalue weighted by Gasteiger charge is -2.15. The standard InChI is InChI=1S/C13H13N3O4/c1-16(7-11(17)19-2)13(18)10-5-3-9(4-6-10)12-15-14-8-20-12/h3-6,8H,7H2,1-2H3. The average molecular weight is 275 g/mol. The number of hydrogen-bond acceptors (Lipinski definition) is 6. The zero-order valence-corrected chi connectivity index (χ0v) is 11.1. The Morgan fingerprint density at radius 1 is 1.30 bits per heavy atom. The molecule has 0 atom stereocenters. The third-order valence-electron chi connectivity index (χ3n) is 2.68. The van der Waals surface area contributed by atoms with Gasteiger partial charge >= 0.3 is 5.97 Å². The molecule has 0 saturated heterocycles. The van der Waals surface area contributed by atoms with Gasteiger partial charge in [0.1, 0.15) is 6.54 Å². The summed E-state index contributed by atoms with van der Waals surface area (Å²) in [7, 11) is 2.81. The largest absolute Gasteiger partial charge is 0.468 e. The molecule has 7 heteroatoms. The van der Waals surface area contributed by atoms with E-state index in [2.05, 4.69) is 14.9 Å². The highest BCUT2D eigenvalue weighted by molar-refractivity contribution is 5.96. The molecule has 2 aromatic rings. The van der Waals surface area contributed by atoms with E-state index < -0.39 is 5.97 Å². The van der Waals surface area contributed by atoms with Crippen LogP contribution < -0.4 is 0 Å². The Morgan fingerprint density at radius 3 is 2.55 bits per heavy atom. The van der Waals surface area contributed by atoms with Crippen molar-refractivity contribution >= 4 is 11.9 Å². The maximum absolute atomic E-state index is 12.1. The number of likely N-dealkylation sites (N-methyl/N-ethyl adjacent to an activating group) is 1. The van der Waals surface area contributed by atoms with Crippen LogP contribution in [-0.2, 0) is 9.53 Å². The molecule has 0 unspecified atom stereocenters. The van der Waals surface area contributed by atoms with Gasteiger partial charge in [0.2, 0.25) is 12.3 Å². The van der Waals surface area contributed by atoms with E-state index in [0.717, 1.165) is 5.56 Å². The Hall–Kier alpha value is -2.70. The topological polar surface area (TPSA) is 85.5 Å². The van der Waals surface area contributed by atoms with Crippen molar-refractivity contribution in [1.82, 2.24) is 15.1 Å². The number of methoxy groups -OCH3 is 1. The molecule has 0 aliphatic carbocycles. The second-order valence-electron chi connectivity index (χ2n) is 4.06. The number of carbonyl (C=O) groups excluding carboxylic acids is 2. The maximum atomic E-state index is 12.1. The molecule has 1 aromatic carbocycles. The van der Waals surface area contributed by atoms with Gasteiger partial charge in [-0.25, -0.2) is 0 Å². The van der Waals surface area contributed by atoms with E-state index in [9.17, 15) is 9.59 Å². The summed E-state index contributed by atoms with van der Waals surface area (Å²) in [5.41, 5.74) is 1.18. The van der Waals surface area contributed by atoms with Gasteiger partial charge in [0.25, 0.3) is 5.91 Å². The highest BCUT2D eigenvalue weighted by Gasteiger charge is 2.15. The molecule has 1 aromatic heterocycles. The normalized spacial score (nSPS) is 10.1. The predicted octanol–water partition coefficient (Wildman–Crippen LogP) is 0.982. The Kier molecular flexibility index (Phi) is 4.09. The van der Waals surface area contributed by atoms with Crippen molar-refractivity contribution in [2.75, 3.05) is 20.7 Å². The van der Waals surface area contributed by atoms with E-state index in [4.69, 9.17) is 4.42 Å². The van der Waals surface area contributed by atoms with Crippen molar-refractivity contribution in [3.63, 3.8) is 0 Å². The summed E-state index contributed by atoms with van der Waals surface area (Å²) in [6, 6.07) is 6.67. The summed E-state index contributed by atoms with van der Waals surface area (Å²) < 4.78 is 9.57. The molecule has 1 amide bonds. The lowest BCUT2D eigenvalue weighted by molar-refractivity contribution is -0.141. The van der Waals surface area contributed by atoms with Gasteiger partial charge in [-0.2, -0.15) is 0 Å². The fraction of sp³-hybridized carbons (Fsp3) is 0.231. The van der Waals surface area contributed by atoms with Crippen LogP contribution in [-0.4, -0.2) is 47.7 Å². The first-order valence-electron chi connectivity index (χ1n) is 5.80. The molecule has 0 bridgehead atoms. The van der Waals surface area contributed by atoms with Gasteiger partial charge in [-0.1, -0.05) is 0 Å². The van der Waals surface area contributed by atoms with Crippen LogP contribution in [0, 0.1) is 0 Å². The Balaban J connectivity index is 2.09. The van der Waals surface area contributed by atoms with Crippen molar-refractivity contribution in [2.24, 2.45) is 0 Å². The number of hydrogen-bond donors (Lipinski definition) is 0. The smallest absolute Gasteiger partial charge is 0.325 e. The summed E-state index contributed by atoms with van der Waals surface area (Å²) in [4.78, 5) is 24.5. The van der Waals surface area contributed by atoms with Crippen LogP contribution in [0.4, 0.5) is 0 Å². The highest BCUT2D eigenvalue weighted by atomic mass is 16.5. The summed E-state index contributed by atoms with van der Waals surface area (Å²) in [6.45, 7) is -0.0965. The number of carbonyl (C=O) groups is 2. The van der Waals surface area contributed by atoms with Gasteiger partial charge in [0.05, 0.1) is 7.11 Å². The lowest BCUT2D eigenvalue weighted by atomic mass is 10.1. The summed E-state index contributed by atoms with van der Waals surface area (Å²) >= 11 is 0. The Morgan fingerprint density at radius 2 is 2.00 bits per heavy atom. The maximum Gasteiger partial charge on any atom is 0.325 e. The first-order chi connectivity index (χ1) is 9.61. The van der Waals surface area contributed by atoms with Crippen molar-refractivity contribution in [3.8, 4) is 11.5 Å². The first kappa shape index (κ1) is 13.7. The molecule has 1 heterocycles. The minimum Gasteiger partial charge on any atom is -0.468 e. The molecule has 104 valence electrons. The van der Waals surface area contributed by atoms with Gasteiger partial charge in [-0.15, -0.1) is 10.2 Å². The zero-order chi connectivity index (χ0) is 14.5. The zero-order valence-electron chi connectivity index (χ0n) is 11.1. The number of aromatic nitrogens is 2. The van der Waals surface area contributed by atoms with E-state index in [-0.39, 0.29) is 12.5 Å². The quantitative estimate of drug-likeness (QED) is 0.773. The van der Waals surface area contributed by atoms with E-state index in [1.165, 1.54) is 25.5 Å². The van der Waals surface area contributed by atoms with Gasteiger partial charge in [-0.05, 0) is 24.3 Å². The van der Waals surface area contributed by atoms with Gasteiger partial charge in [-0.3, -0.25) is 9.59 Å². The molecule has 2 rings (SSSR count). The van der Waals surface area contributed by atoms with Gasteiger partial charge < -0.3 is 14.1 Å². The lowest BCUT2D eigenvalue weighted by Crippen LogP contribution is -2.32. The molecule has 20 heavy (non-hydrogen) atoms. The summed E-state index contributed by atoms with van der Waals surface area (Å²) in [5, 5.41) is 7.36. The molecule has 0 saturated carbocycles. The Labute approximate surface area is 115 Å². The van der Waals surface area contributed by atoms with E-state index >= 15 is 0 Å². The minimum absolute atomic E-state index is 0.0965. The number of nitrogens with zero attached hydrogens (tertiary/aromatic N) is 3. The average Bonchev–Trinajstić information content (AvgIpc) is 3.00. The third-order valence-corrected chi connectivity index (χ3v) is 2.68. The van der Waals surface area contributed by atoms with Crippen LogP contribution in [0.2, 0.25) is 0 Å². The predicted molar refractivity (Wildman–Crippen MR) is 68.7 cm³/mol. The summed E-state index contributed by atoms with van der Waals surface area (Å²) in [5.74, 6) is -0.359. The molecule has 7 nitrogen and oxygen atoms in total. The number of ether oxygens (including phenoxy) is 1. The molecular formula is C13H13N3O4. The van der Waals surface area contributed by atoms with Crippen LogP contribution in [0.25, 0.3) is 11.5 Å². The monoisotopic (exact) mass is 275 g/mol. The number of esters is 1.